The molecule has 0 aliphatic carbocycles. The standard InChI is InChI=1S/C16H18N2O2/c1-10(2)15-7-12-4-5-13(8-16(12)17-15)19-9-14-6-11(3)18-20-14/h4-8,10,17H,9H2,1-3H3. The van der Waals surface area contributed by atoms with Crippen molar-refractivity contribution in [1.82, 2.24) is 10.1 Å². The number of nitrogens with zero attached hydrogens (tertiary/aromatic N) is 1. The summed E-state index contributed by atoms with van der Waals surface area (Å²) in [4.78, 5) is 3.42. The first kappa shape index (κ1) is 12.8. The van der Waals surface area contributed by atoms with Gasteiger partial charge in [-0.1, -0.05) is 19.0 Å². The van der Waals surface area contributed by atoms with E-state index >= 15 is 0 Å². The molecule has 0 saturated heterocycles. The van der Waals surface area contributed by atoms with Crippen molar-refractivity contribution in [2.45, 2.75) is 33.3 Å². The molecule has 2 heterocycles. The summed E-state index contributed by atoms with van der Waals surface area (Å²) in [5.41, 5.74) is 3.20. The monoisotopic (exact) mass is 270 g/mol. The Labute approximate surface area is 117 Å². The number of benzene rings is 1. The highest BCUT2D eigenvalue weighted by Gasteiger charge is 2.06. The number of fused-ring (bicyclic) bond motifs is 1. The summed E-state index contributed by atoms with van der Waals surface area (Å²) in [7, 11) is 0. The lowest BCUT2D eigenvalue weighted by Crippen LogP contribution is -1.93. The summed E-state index contributed by atoms with van der Waals surface area (Å²) in [6, 6.07) is 10.1. The second kappa shape index (κ2) is 5.04. The molecule has 0 spiro atoms. The average molecular weight is 270 g/mol. The molecular weight excluding hydrogens is 252 g/mol. The highest BCUT2D eigenvalue weighted by Crippen LogP contribution is 2.25. The summed E-state index contributed by atoms with van der Waals surface area (Å²) in [5, 5.41) is 5.05. The van der Waals surface area contributed by atoms with E-state index in [2.05, 4.69) is 36.1 Å². The van der Waals surface area contributed by atoms with Gasteiger partial charge in [0.15, 0.2) is 5.76 Å². The second-order valence-corrected chi connectivity index (χ2v) is 5.35. The molecule has 0 bridgehead atoms. The van der Waals surface area contributed by atoms with E-state index in [4.69, 9.17) is 9.26 Å². The van der Waals surface area contributed by atoms with Crippen LogP contribution in [0, 0.1) is 6.92 Å². The lowest BCUT2D eigenvalue weighted by molar-refractivity contribution is 0.249. The summed E-state index contributed by atoms with van der Waals surface area (Å²) in [5.74, 6) is 2.05. The second-order valence-electron chi connectivity index (χ2n) is 5.35. The topological polar surface area (TPSA) is 51.0 Å². The number of rotatable bonds is 4. The molecule has 0 radical (unpaired) electrons. The molecule has 0 amide bonds. The number of aromatic amines is 1. The molecule has 4 nitrogen and oxygen atoms in total. The van der Waals surface area contributed by atoms with Crippen LogP contribution < -0.4 is 4.74 Å². The number of hydrogen-bond acceptors (Lipinski definition) is 3. The molecule has 0 aliphatic heterocycles. The van der Waals surface area contributed by atoms with E-state index in [-0.39, 0.29) is 0 Å². The van der Waals surface area contributed by atoms with E-state index in [0.29, 0.717) is 12.5 Å². The largest absolute Gasteiger partial charge is 0.485 e. The molecule has 0 fully saturated rings. The Hall–Kier alpha value is -2.23. The fourth-order valence-corrected chi connectivity index (χ4v) is 2.17. The molecule has 1 aromatic carbocycles. The SMILES string of the molecule is Cc1cc(COc2ccc3cc(C(C)C)[nH]c3c2)on1. The molecule has 3 rings (SSSR count). The van der Waals surface area contributed by atoms with E-state index in [0.717, 1.165) is 22.7 Å². The minimum atomic E-state index is 0.393. The van der Waals surface area contributed by atoms with Crippen LogP contribution in [0.2, 0.25) is 0 Å². The van der Waals surface area contributed by atoms with Gasteiger partial charge in [-0.3, -0.25) is 0 Å². The molecule has 0 unspecified atom stereocenters. The Morgan fingerprint density at radius 3 is 2.80 bits per heavy atom. The third kappa shape index (κ3) is 2.54. The fourth-order valence-electron chi connectivity index (χ4n) is 2.17. The summed E-state index contributed by atoms with van der Waals surface area (Å²) in [6.45, 7) is 6.64. The van der Waals surface area contributed by atoms with Crippen LogP contribution in [0.5, 0.6) is 5.75 Å². The van der Waals surface area contributed by atoms with Gasteiger partial charge in [0, 0.05) is 23.3 Å². The van der Waals surface area contributed by atoms with E-state index in [1.807, 2.05) is 25.1 Å². The molecule has 0 aliphatic rings. The van der Waals surface area contributed by atoms with Gasteiger partial charge in [0.25, 0.3) is 0 Å². The highest BCUT2D eigenvalue weighted by molar-refractivity contribution is 5.82. The minimum absolute atomic E-state index is 0.393. The Kier molecular flexibility index (Phi) is 3.22. The van der Waals surface area contributed by atoms with Crippen molar-refractivity contribution in [3.8, 4) is 5.75 Å². The first-order valence-corrected chi connectivity index (χ1v) is 6.79. The van der Waals surface area contributed by atoms with Gasteiger partial charge in [0.1, 0.15) is 12.4 Å². The van der Waals surface area contributed by atoms with Gasteiger partial charge in [-0.15, -0.1) is 0 Å². The van der Waals surface area contributed by atoms with Gasteiger partial charge in [-0.05, 0) is 36.4 Å². The zero-order chi connectivity index (χ0) is 14.1. The van der Waals surface area contributed by atoms with Gasteiger partial charge in [0.2, 0.25) is 0 Å². The first-order chi connectivity index (χ1) is 9.61. The fraction of sp³-hybridized carbons (Fsp3) is 0.312. The predicted molar refractivity (Wildman–Crippen MR) is 78.0 cm³/mol. The maximum Gasteiger partial charge on any atom is 0.174 e. The molecule has 2 aromatic heterocycles. The van der Waals surface area contributed by atoms with Gasteiger partial charge < -0.3 is 14.2 Å². The molecule has 20 heavy (non-hydrogen) atoms. The van der Waals surface area contributed by atoms with Crippen LogP contribution in [-0.4, -0.2) is 10.1 Å². The number of aromatic nitrogens is 2. The van der Waals surface area contributed by atoms with E-state index in [1.165, 1.54) is 11.1 Å². The quantitative estimate of drug-likeness (QED) is 0.774. The van der Waals surface area contributed by atoms with Crippen LogP contribution in [0.3, 0.4) is 0 Å². The third-order valence-corrected chi connectivity index (χ3v) is 3.29. The summed E-state index contributed by atoms with van der Waals surface area (Å²) < 4.78 is 10.9. The molecule has 3 aromatic rings. The zero-order valence-corrected chi connectivity index (χ0v) is 11.9. The summed E-state index contributed by atoms with van der Waals surface area (Å²) in [6.07, 6.45) is 0. The Bertz CT molecular complexity index is 725. The van der Waals surface area contributed by atoms with Crippen LogP contribution in [-0.2, 0) is 6.61 Å². The van der Waals surface area contributed by atoms with Crippen LogP contribution >= 0.6 is 0 Å². The summed E-state index contributed by atoms with van der Waals surface area (Å²) >= 11 is 0. The molecule has 1 N–H and O–H groups in total. The Morgan fingerprint density at radius 2 is 2.10 bits per heavy atom. The number of aryl methyl sites for hydroxylation is 1. The van der Waals surface area contributed by atoms with Gasteiger partial charge in [-0.25, -0.2) is 0 Å². The molecular formula is C16H18N2O2. The van der Waals surface area contributed by atoms with Crippen LogP contribution in [0.15, 0.2) is 34.9 Å². The van der Waals surface area contributed by atoms with Crippen LogP contribution in [0.4, 0.5) is 0 Å². The normalized spacial score (nSPS) is 11.4. The Balaban J connectivity index is 1.78. The lowest BCUT2D eigenvalue weighted by atomic mass is 10.1. The van der Waals surface area contributed by atoms with Gasteiger partial charge in [-0.2, -0.15) is 0 Å². The maximum absolute atomic E-state index is 5.73. The van der Waals surface area contributed by atoms with Crippen molar-refractivity contribution >= 4 is 10.9 Å². The van der Waals surface area contributed by atoms with Gasteiger partial charge >= 0.3 is 0 Å². The highest BCUT2D eigenvalue weighted by atomic mass is 16.5. The first-order valence-electron chi connectivity index (χ1n) is 6.79. The molecule has 104 valence electrons. The number of nitrogens with one attached hydrogen (secondary N) is 1. The third-order valence-electron chi connectivity index (χ3n) is 3.29. The lowest BCUT2D eigenvalue weighted by Gasteiger charge is -2.03. The average Bonchev–Trinajstić information content (AvgIpc) is 3.01. The van der Waals surface area contributed by atoms with Crippen LogP contribution in [0.25, 0.3) is 10.9 Å². The maximum atomic E-state index is 5.73. The minimum Gasteiger partial charge on any atom is -0.485 e. The zero-order valence-electron chi connectivity index (χ0n) is 11.9. The van der Waals surface area contributed by atoms with Crippen molar-refractivity contribution in [2.75, 3.05) is 0 Å². The van der Waals surface area contributed by atoms with Crippen molar-refractivity contribution in [2.24, 2.45) is 0 Å². The number of hydrogen-bond donors (Lipinski definition) is 1. The molecule has 0 atom stereocenters. The number of ether oxygens (including phenoxy) is 1. The molecule has 0 saturated carbocycles. The van der Waals surface area contributed by atoms with E-state index in [1.54, 1.807) is 0 Å². The Morgan fingerprint density at radius 1 is 1.25 bits per heavy atom. The number of H-pyrrole nitrogens is 1. The molecule has 4 heteroatoms. The van der Waals surface area contributed by atoms with Gasteiger partial charge in [0.05, 0.1) is 5.69 Å². The van der Waals surface area contributed by atoms with Crippen molar-refractivity contribution in [1.29, 1.82) is 0 Å². The van der Waals surface area contributed by atoms with Crippen molar-refractivity contribution < 1.29 is 9.26 Å². The van der Waals surface area contributed by atoms with Crippen molar-refractivity contribution in [3.05, 3.63) is 47.5 Å². The van der Waals surface area contributed by atoms with E-state index in [9.17, 15) is 0 Å². The smallest absolute Gasteiger partial charge is 0.174 e. The van der Waals surface area contributed by atoms with E-state index < -0.39 is 0 Å². The predicted octanol–water partition coefficient (Wildman–Crippen LogP) is 4.17. The van der Waals surface area contributed by atoms with Crippen LogP contribution in [0.1, 0.15) is 36.9 Å². The van der Waals surface area contributed by atoms with Crippen molar-refractivity contribution in [3.63, 3.8) is 0 Å².